The van der Waals surface area contributed by atoms with Crippen LogP contribution in [0.25, 0.3) is 22.3 Å². The van der Waals surface area contributed by atoms with Crippen LogP contribution in [0.1, 0.15) is 51.0 Å². The summed E-state index contributed by atoms with van der Waals surface area (Å²) in [6.45, 7) is 2.25. The molecule has 1 heterocycles. The predicted octanol–water partition coefficient (Wildman–Crippen LogP) is 3.99. The van der Waals surface area contributed by atoms with E-state index in [4.69, 9.17) is 4.42 Å². The van der Waals surface area contributed by atoms with Crippen LogP contribution in [0.15, 0.2) is 59.0 Å². The highest BCUT2D eigenvalue weighted by Crippen LogP contribution is 2.31. The second-order valence-corrected chi connectivity index (χ2v) is 6.71. The van der Waals surface area contributed by atoms with Gasteiger partial charge in [0.15, 0.2) is 0 Å². The highest BCUT2D eigenvalue weighted by Gasteiger charge is 2.21. The topological polar surface area (TPSA) is 31.5 Å². The number of phenols is 1. The summed E-state index contributed by atoms with van der Waals surface area (Å²) in [5.74, 6) is 1.16. The number of benzene rings is 2. The molecule has 3 heteroatoms. The summed E-state index contributed by atoms with van der Waals surface area (Å²) in [6.07, 6.45) is 8.75. The molecule has 26 heavy (non-hydrogen) atoms. The van der Waals surface area contributed by atoms with Crippen molar-refractivity contribution in [2.45, 2.75) is 51.9 Å². The van der Waals surface area contributed by atoms with Crippen molar-refractivity contribution in [3.63, 3.8) is 0 Å². The highest BCUT2D eigenvalue weighted by molar-refractivity contribution is 5.81. The van der Waals surface area contributed by atoms with Gasteiger partial charge in [0, 0.05) is 0 Å². The summed E-state index contributed by atoms with van der Waals surface area (Å²) in [6, 6.07) is 17.8. The summed E-state index contributed by atoms with van der Waals surface area (Å²) in [5.41, 5.74) is 3.07. The molecule has 3 aromatic rings. The van der Waals surface area contributed by atoms with Gasteiger partial charge >= 0.3 is 11.3 Å². The molecule has 0 bridgehead atoms. The van der Waals surface area contributed by atoms with Crippen molar-refractivity contribution in [3.8, 4) is 17.1 Å². The molecule has 2 aromatic carbocycles. The largest absolute Gasteiger partial charge is 1.00 e. The first kappa shape index (κ1) is 20.3. The van der Waals surface area contributed by atoms with E-state index in [0.29, 0.717) is 0 Å². The van der Waals surface area contributed by atoms with Crippen molar-refractivity contribution in [2.75, 3.05) is 0 Å². The van der Waals surface area contributed by atoms with E-state index in [1.54, 1.807) is 12.1 Å². The van der Waals surface area contributed by atoms with Gasteiger partial charge in [-0.1, -0.05) is 57.2 Å². The molecule has 0 unspecified atom stereocenters. The Morgan fingerprint density at radius 2 is 1.58 bits per heavy atom. The Hall–Kier alpha value is -2.06. The van der Waals surface area contributed by atoms with Crippen molar-refractivity contribution in [1.82, 2.24) is 0 Å². The summed E-state index contributed by atoms with van der Waals surface area (Å²) in [5, 5.41) is 10.8. The van der Waals surface area contributed by atoms with Crippen molar-refractivity contribution in [1.29, 1.82) is 0 Å². The fraction of sp³-hybridized carbons (Fsp3) is 0.348. The van der Waals surface area contributed by atoms with E-state index >= 15 is 0 Å². The molecule has 1 aromatic heterocycles. The fourth-order valence-corrected chi connectivity index (χ4v) is 3.27. The van der Waals surface area contributed by atoms with Gasteiger partial charge in [-0.2, -0.15) is 0 Å². The minimum absolute atomic E-state index is 0. The first-order valence-electron chi connectivity index (χ1n) is 9.42. The van der Waals surface area contributed by atoms with Crippen LogP contribution >= 0.6 is 0 Å². The zero-order valence-electron chi connectivity index (χ0n) is 15.4. The molecule has 0 aliphatic carbocycles. The maximum absolute atomic E-state index is 9.75. The zero-order valence-corrected chi connectivity index (χ0v) is 16.1. The lowest BCUT2D eigenvalue weighted by Crippen LogP contribution is -3.00. The molecule has 0 fully saturated rings. The predicted molar refractivity (Wildman–Crippen MR) is 105 cm³/mol. The first-order chi connectivity index (χ1) is 12.3. The van der Waals surface area contributed by atoms with Crippen LogP contribution in [0.5, 0.6) is 5.75 Å². The smallest absolute Gasteiger partial charge is 0.364 e. The number of unbranched alkanes of at least 4 members (excludes halogenated alkanes) is 5. The summed E-state index contributed by atoms with van der Waals surface area (Å²) >= 11 is 0. The molecular formula is C23H27ClO2. The third-order valence-electron chi connectivity index (χ3n) is 4.67. The Labute approximate surface area is 162 Å². The lowest BCUT2D eigenvalue weighted by molar-refractivity contribution is -0.00000665. The number of hydrogen-bond acceptors (Lipinski definition) is 1. The molecule has 0 radical (unpaired) electrons. The molecule has 0 saturated carbocycles. The molecule has 0 aliphatic heterocycles. The molecule has 2 nitrogen and oxygen atoms in total. The van der Waals surface area contributed by atoms with Crippen LogP contribution < -0.4 is 12.4 Å². The molecule has 1 N–H and O–H groups in total. The summed E-state index contributed by atoms with van der Waals surface area (Å²) in [7, 11) is 0. The quantitative estimate of drug-likeness (QED) is 0.480. The minimum atomic E-state index is 0. The average Bonchev–Trinajstić information content (AvgIpc) is 2.64. The fourth-order valence-electron chi connectivity index (χ4n) is 3.27. The van der Waals surface area contributed by atoms with Crippen molar-refractivity contribution in [2.24, 2.45) is 0 Å². The van der Waals surface area contributed by atoms with Gasteiger partial charge in [-0.3, -0.25) is 0 Å². The number of aromatic hydroxyl groups is 1. The molecule has 3 rings (SSSR count). The van der Waals surface area contributed by atoms with Crippen molar-refractivity contribution < 1.29 is 21.9 Å². The van der Waals surface area contributed by atoms with E-state index in [0.717, 1.165) is 28.7 Å². The molecule has 0 amide bonds. The van der Waals surface area contributed by atoms with Gasteiger partial charge < -0.3 is 17.5 Å². The molecule has 0 saturated heterocycles. The van der Waals surface area contributed by atoms with E-state index in [-0.39, 0.29) is 18.2 Å². The van der Waals surface area contributed by atoms with Crippen LogP contribution in [0.3, 0.4) is 0 Å². The summed E-state index contributed by atoms with van der Waals surface area (Å²) < 4.78 is 6.20. The van der Waals surface area contributed by atoms with E-state index in [2.05, 4.69) is 25.1 Å². The van der Waals surface area contributed by atoms with Crippen LogP contribution in [0.2, 0.25) is 0 Å². The van der Waals surface area contributed by atoms with E-state index in [1.807, 2.05) is 24.3 Å². The molecular weight excluding hydrogens is 344 g/mol. The number of phenolic OH excluding ortho intramolecular Hbond substituents is 1. The van der Waals surface area contributed by atoms with Crippen LogP contribution in [0.4, 0.5) is 0 Å². The zero-order chi connectivity index (χ0) is 17.5. The Balaban J connectivity index is 0.00000243. The van der Waals surface area contributed by atoms with E-state index in [1.165, 1.54) is 44.1 Å². The Morgan fingerprint density at radius 1 is 0.846 bits per heavy atom. The SMILES string of the molecule is CCCCCCCCc1cc2ccc(O)cc2[o+]c1-c1ccccc1.[Cl-]. The number of rotatable bonds is 8. The maximum Gasteiger partial charge on any atom is 0.364 e. The van der Waals surface area contributed by atoms with Gasteiger partial charge in [0.2, 0.25) is 0 Å². The minimum Gasteiger partial charge on any atom is -1.00 e. The lowest BCUT2D eigenvalue weighted by atomic mass is 9.99. The molecule has 0 atom stereocenters. The van der Waals surface area contributed by atoms with Crippen LogP contribution in [0, 0.1) is 0 Å². The standard InChI is InChI=1S/C23H26O2.ClH/c1-2-3-4-5-6-8-13-20-16-19-14-15-21(24)17-22(19)25-23(20)18-11-9-7-10-12-18;/h7,9-12,14-17H,2-6,8,13H2,1H3;1H. The van der Waals surface area contributed by atoms with Crippen LogP contribution in [-0.4, -0.2) is 5.11 Å². The normalized spacial score (nSPS) is 10.7. The maximum atomic E-state index is 9.75. The van der Waals surface area contributed by atoms with Gasteiger partial charge in [-0.15, -0.1) is 0 Å². The van der Waals surface area contributed by atoms with Gasteiger partial charge in [0.1, 0.15) is 5.75 Å². The first-order valence-corrected chi connectivity index (χ1v) is 9.42. The van der Waals surface area contributed by atoms with Crippen LogP contribution in [-0.2, 0) is 6.42 Å². The number of aryl methyl sites for hydroxylation is 1. The molecule has 0 aliphatic rings. The highest BCUT2D eigenvalue weighted by atomic mass is 35.5. The molecule has 0 spiro atoms. The number of halogens is 1. The number of hydrogen-bond donors (Lipinski definition) is 1. The van der Waals surface area contributed by atoms with Gasteiger partial charge in [0.05, 0.1) is 22.6 Å². The number of fused-ring (bicyclic) bond motifs is 1. The lowest BCUT2D eigenvalue weighted by Gasteiger charge is -2.04. The third-order valence-corrected chi connectivity index (χ3v) is 4.67. The Morgan fingerprint density at radius 3 is 2.35 bits per heavy atom. The summed E-state index contributed by atoms with van der Waals surface area (Å²) in [4.78, 5) is 0. The second kappa shape index (κ2) is 10.2. The van der Waals surface area contributed by atoms with E-state index < -0.39 is 0 Å². The van der Waals surface area contributed by atoms with Gasteiger partial charge in [0.25, 0.3) is 0 Å². The van der Waals surface area contributed by atoms with E-state index in [9.17, 15) is 5.11 Å². The average molecular weight is 371 g/mol. The molecule has 138 valence electrons. The second-order valence-electron chi connectivity index (χ2n) is 6.71. The monoisotopic (exact) mass is 370 g/mol. The van der Waals surface area contributed by atoms with Gasteiger partial charge in [-0.05, 0) is 43.2 Å². The third kappa shape index (κ3) is 5.22. The van der Waals surface area contributed by atoms with Crippen molar-refractivity contribution >= 4 is 11.0 Å². The van der Waals surface area contributed by atoms with Crippen molar-refractivity contribution in [3.05, 3.63) is 60.2 Å². The van der Waals surface area contributed by atoms with Gasteiger partial charge in [-0.25, -0.2) is 4.42 Å². The Kier molecular flexibility index (Phi) is 7.93. The Bertz CT molecular complexity index is 815.